The van der Waals surface area contributed by atoms with Gasteiger partial charge in [0.15, 0.2) is 5.78 Å². The Hall–Kier alpha value is -4.07. The number of nitro groups is 1. The number of amides is 1. The molecule has 0 aliphatic heterocycles. The summed E-state index contributed by atoms with van der Waals surface area (Å²) < 4.78 is 0. The number of fused-ring (bicyclic) bond motifs is 3. The van der Waals surface area contributed by atoms with Crippen molar-refractivity contribution >= 4 is 45.2 Å². The smallest absolute Gasteiger partial charge is 0.269 e. The van der Waals surface area contributed by atoms with Crippen LogP contribution in [0.5, 0.6) is 0 Å². The van der Waals surface area contributed by atoms with E-state index in [1.165, 1.54) is 12.1 Å². The Kier molecular flexibility index (Phi) is 5.66. The molecular formula is C29H30N4O4. The van der Waals surface area contributed by atoms with Gasteiger partial charge in [-0.25, -0.2) is 0 Å². The molecule has 8 nitrogen and oxygen atoms in total. The number of hydrogen-bond donors (Lipinski definition) is 1. The lowest BCUT2D eigenvalue weighted by atomic mass is 9.64. The van der Waals surface area contributed by atoms with Gasteiger partial charge in [-0.3, -0.25) is 25.1 Å². The van der Waals surface area contributed by atoms with E-state index in [1.54, 1.807) is 17.0 Å². The zero-order chi connectivity index (χ0) is 26.6. The molecule has 0 aromatic heterocycles. The maximum atomic E-state index is 14.5. The Balaban J connectivity index is 1.54. The molecule has 0 heterocycles. The molecule has 2 fully saturated rings. The number of anilines is 2. The van der Waals surface area contributed by atoms with Crippen molar-refractivity contribution in [2.24, 2.45) is 21.3 Å². The molecule has 0 spiro atoms. The summed E-state index contributed by atoms with van der Waals surface area (Å²) in [7, 11) is 0. The SMILES string of the molecule is CCN(C(=O)C12CCC(C)(/C(=N/Nc3ccc([N+](=O)[O-])cc3)C1=O)C2(C)C)c1cccc2ccccc12. The average Bonchev–Trinajstić information content (AvgIpc) is 3.17. The van der Waals surface area contributed by atoms with Crippen molar-refractivity contribution in [3.8, 4) is 0 Å². The number of rotatable bonds is 6. The summed E-state index contributed by atoms with van der Waals surface area (Å²) in [5, 5.41) is 17.5. The van der Waals surface area contributed by atoms with Gasteiger partial charge in [0.2, 0.25) is 5.91 Å². The van der Waals surface area contributed by atoms with Gasteiger partial charge in [0.25, 0.3) is 5.69 Å². The van der Waals surface area contributed by atoms with Crippen LogP contribution >= 0.6 is 0 Å². The van der Waals surface area contributed by atoms with Crippen molar-refractivity contribution in [3.63, 3.8) is 0 Å². The number of hydrogen-bond acceptors (Lipinski definition) is 6. The third-order valence-corrected chi connectivity index (χ3v) is 8.93. The van der Waals surface area contributed by atoms with Gasteiger partial charge in [-0.05, 0) is 48.8 Å². The molecule has 8 heteroatoms. The Morgan fingerprint density at radius 3 is 2.38 bits per heavy atom. The van der Waals surface area contributed by atoms with Crippen LogP contribution in [0.15, 0.2) is 71.8 Å². The maximum absolute atomic E-state index is 14.5. The molecule has 2 aliphatic rings. The number of benzene rings is 3. The minimum atomic E-state index is -1.23. The van der Waals surface area contributed by atoms with Crippen molar-refractivity contribution in [1.82, 2.24) is 0 Å². The molecule has 2 aliphatic carbocycles. The second-order valence-corrected chi connectivity index (χ2v) is 10.6. The summed E-state index contributed by atoms with van der Waals surface area (Å²) in [5.74, 6) is -0.435. The Bertz CT molecular complexity index is 1460. The van der Waals surface area contributed by atoms with Crippen molar-refractivity contribution < 1.29 is 14.5 Å². The van der Waals surface area contributed by atoms with Crippen LogP contribution in [0.4, 0.5) is 17.1 Å². The minimum Gasteiger partial charge on any atom is -0.311 e. The van der Waals surface area contributed by atoms with E-state index in [0.717, 1.165) is 16.5 Å². The summed E-state index contributed by atoms with van der Waals surface area (Å²) >= 11 is 0. The predicted molar refractivity (Wildman–Crippen MR) is 145 cm³/mol. The van der Waals surface area contributed by atoms with Gasteiger partial charge in [0.05, 0.1) is 16.3 Å². The number of ketones is 1. The minimum absolute atomic E-state index is 0.0278. The molecular weight excluding hydrogens is 468 g/mol. The molecule has 1 amide bonds. The number of carbonyl (C=O) groups is 2. The lowest BCUT2D eigenvalue weighted by molar-refractivity contribution is -0.384. The Labute approximate surface area is 215 Å². The molecule has 190 valence electrons. The fourth-order valence-electron chi connectivity index (χ4n) is 6.32. The van der Waals surface area contributed by atoms with Crippen LogP contribution in [0.3, 0.4) is 0 Å². The van der Waals surface area contributed by atoms with E-state index in [9.17, 15) is 19.7 Å². The van der Waals surface area contributed by atoms with Crippen LogP contribution in [-0.4, -0.2) is 28.9 Å². The fourth-order valence-corrected chi connectivity index (χ4v) is 6.32. The topological polar surface area (TPSA) is 105 Å². The zero-order valence-corrected chi connectivity index (χ0v) is 21.4. The molecule has 2 atom stereocenters. The predicted octanol–water partition coefficient (Wildman–Crippen LogP) is 5.96. The number of Topliss-reactive ketones (excluding diaryl/α,β-unsaturated/α-hetero) is 1. The van der Waals surface area contributed by atoms with Crippen molar-refractivity contribution in [1.29, 1.82) is 0 Å². The second-order valence-electron chi connectivity index (χ2n) is 10.6. The first-order valence-electron chi connectivity index (χ1n) is 12.5. The summed E-state index contributed by atoms with van der Waals surface area (Å²) in [4.78, 5) is 40.8. The van der Waals surface area contributed by atoms with E-state index in [2.05, 4.69) is 10.5 Å². The van der Waals surface area contributed by atoms with Crippen LogP contribution in [-0.2, 0) is 9.59 Å². The van der Waals surface area contributed by atoms with E-state index in [0.29, 0.717) is 30.8 Å². The van der Waals surface area contributed by atoms with E-state index < -0.39 is 21.2 Å². The van der Waals surface area contributed by atoms with E-state index in [1.807, 2.05) is 70.2 Å². The number of carbonyl (C=O) groups excluding carboxylic acids is 2. The first-order chi connectivity index (χ1) is 17.6. The van der Waals surface area contributed by atoms with Crippen molar-refractivity contribution in [2.75, 3.05) is 16.9 Å². The highest BCUT2D eigenvalue weighted by atomic mass is 16.6. The number of nitrogens with zero attached hydrogens (tertiary/aromatic N) is 3. The lowest BCUT2D eigenvalue weighted by Crippen LogP contribution is -2.52. The van der Waals surface area contributed by atoms with E-state index in [4.69, 9.17) is 0 Å². The molecule has 37 heavy (non-hydrogen) atoms. The standard InChI is InChI=1S/C29H30N4O4/c1-5-32(23-12-8-10-19-9-6-7-11-22(19)23)26(35)29-18-17-28(4,27(29,2)3)24(25(29)34)31-30-20-13-15-21(16-14-20)33(36)37/h6-16,30H,5,17-18H2,1-4H3/b31-24+. The Morgan fingerprint density at radius 2 is 1.70 bits per heavy atom. The van der Waals surface area contributed by atoms with E-state index >= 15 is 0 Å². The first-order valence-corrected chi connectivity index (χ1v) is 12.5. The normalized spacial score (nSPS) is 25.0. The molecule has 2 unspecified atom stereocenters. The summed E-state index contributed by atoms with van der Waals surface area (Å²) in [6.45, 7) is 8.38. The monoisotopic (exact) mass is 498 g/mol. The number of non-ortho nitro benzene ring substituents is 1. The molecule has 0 radical (unpaired) electrons. The number of hydrazone groups is 1. The molecule has 0 saturated heterocycles. The van der Waals surface area contributed by atoms with Gasteiger partial charge in [0, 0.05) is 29.5 Å². The largest absolute Gasteiger partial charge is 0.311 e. The van der Waals surface area contributed by atoms with Gasteiger partial charge in [-0.2, -0.15) is 5.10 Å². The highest BCUT2D eigenvalue weighted by Crippen LogP contribution is 2.70. The third-order valence-electron chi connectivity index (χ3n) is 8.93. The molecule has 5 rings (SSSR count). The van der Waals surface area contributed by atoms with Gasteiger partial charge in [-0.1, -0.05) is 57.2 Å². The molecule has 1 N–H and O–H groups in total. The fraction of sp³-hybridized carbons (Fsp3) is 0.345. The van der Waals surface area contributed by atoms with Gasteiger partial charge in [0.1, 0.15) is 11.1 Å². The van der Waals surface area contributed by atoms with Crippen LogP contribution in [0.25, 0.3) is 10.8 Å². The third kappa shape index (κ3) is 3.31. The van der Waals surface area contributed by atoms with Crippen molar-refractivity contribution in [3.05, 3.63) is 76.8 Å². The highest BCUT2D eigenvalue weighted by Gasteiger charge is 2.77. The summed E-state index contributed by atoms with van der Waals surface area (Å²) in [6, 6.07) is 19.7. The zero-order valence-electron chi connectivity index (χ0n) is 21.4. The molecule has 2 bridgehead atoms. The quantitative estimate of drug-likeness (QED) is 0.256. The average molecular weight is 499 g/mol. The molecule has 2 saturated carbocycles. The maximum Gasteiger partial charge on any atom is 0.269 e. The van der Waals surface area contributed by atoms with E-state index in [-0.39, 0.29) is 17.4 Å². The van der Waals surface area contributed by atoms with Crippen LogP contribution in [0.1, 0.15) is 40.5 Å². The summed E-state index contributed by atoms with van der Waals surface area (Å²) in [6.07, 6.45) is 1.12. The lowest BCUT2D eigenvalue weighted by Gasteiger charge is -2.40. The number of nitro benzene ring substituents is 1. The Morgan fingerprint density at radius 1 is 1.03 bits per heavy atom. The van der Waals surface area contributed by atoms with Crippen LogP contribution in [0, 0.1) is 26.4 Å². The van der Waals surface area contributed by atoms with Crippen LogP contribution in [0.2, 0.25) is 0 Å². The number of nitrogens with one attached hydrogen (secondary N) is 1. The van der Waals surface area contributed by atoms with Gasteiger partial charge >= 0.3 is 0 Å². The first kappa shape index (κ1) is 24.6. The van der Waals surface area contributed by atoms with Crippen molar-refractivity contribution in [2.45, 2.75) is 40.5 Å². The van der Waals surface area contributed by atoms with Crippen LogP contribution < -0.4 is 10.3 Å². The van der Waals surface area contributed by atoms with Gasteiger partial charge in [-0.15, -0.1) is 0 Å². The molecule has 3 aromatic carbocycles. The van der Waals surface area contributed by atoms with Gasteiger partial charge < -0.3 is 4.90 Å². The summed E-state index contributed by atoms with van der Waals surface area (Å²) in [5.41, 5.74) is 2.05. The second kappa shape index (κ2) is 8.50. The molecule has 3 aromatic rings. The highest BCUT2D eigenvalue weighted by molar-refractivity contribution is 6.51.